The van der Waals surface area contributed by atoms with E-state index in [0.717, 1.165) is 37.8 Å². The highest BCUT2D eigenvalue weighted by molar-refractivity contribution is 5.74. The summed E-state index contributed by atoms with van der Waals surface area (Å²) in [6.45, 7) is 6.82. The van der Waals surface area contributed by atoms with Gasteiger partial charge >= 0.3 is 5.97 Å². The number of ether oxygens (including phenoxy) is 3. The fourth-order valence-electron chi connectivity index (χ4n) is 7.39. The number of piperidine rings is 1. The van der Waals surface area contributed by atoms with Gasteiger partial charge in [0.2, 0.25) is 0 Å². The lowest BCUT2D eigenvalue weighted by atomic mass is 9.69. The third-order valence-corrected chi connectivity index (χ3v) is 9.03. The van der Waals surface area contributed by atoms with Crippen LogP contribution in [0.2, 0.25) is 0 Å². The summed E-state index contributed by atoms with van der Waals surface area (Å²) in [6.07, 6.45) is 7.72. The average molecular weight is 423 g/mol. The molecule has 0 amide bonds. The molecule has 2 heterocycles. The predicted octanol–water partition coefficient (Wildman–Crippen LogP) is 2.80. The van der Waals surface area contributed by atoms with E-state index in [1.807, 2.05) is 21.1 Å². The van der Waals surface area contributed by atoms with Crippen LogP contribution in [0.25, 0.3) is 0 Å². The Bertz CT molecular complexity index is 602. The second-order valence-electron chi connectivity index (χ2n) is 10.1. The Balaban J connectivity index is 1.57. The fraction of sp³-hybridized carbons (Fsp3) is 0.958. The zero-order chi connectivity index (χ0) is 21.4. The first kappa shape index (κ1) is 22.5. The molecule has 4 rings (SSSR count). The zero-order valence-electron chi connectivity index (χ0n) is 19.6. The number of carbonyl (C=O) groups excluding carboxylic acids is 1. The van der Waals surface area contributed by atoms with Crippen molar-refractivity contribution >= 4 is 5.97 Å². The highest BCUT2D eigenvalue weighted by Gasteiger charge is 2.57. The maximum absolute atomic E-state index is 13.1. The van der Waals surface area contributed by atoms with Crippen molar-refractivity contribution < 1.29 is 19.0 Å². The first-order valence-electron chi connectivity index (χ1n) is 12.2. The lowest BCUT2D eigenvalue weighted by Gasteiger charge is -2.52. The van der Waals surface area contributed by atoms with E-state index in [1.54, 1.807) is 0 Å². The molecular weight excluding hydrogens is 380 g/mol. The Kier molecular flexibility index (Phi) is 7.08. The third-order valence-electron chi connectivity index (χ3n) is 9.03. The van der Waals surface area contributed by atoms with Crippen LogP contribution in [0.3, 0.4) is 0 Å². The summed E-state index contributed by atoms with van der Waals surface area (Å²) in [4.78, 5) is 18.2. The maximum atomic E-state index is 13.1. The quantitative estimate of drug-likeness (QED) is 0.635. The number of rotatable bonds is 5. The van der Waals surface area contributed by atoms with Crippen molar-refractivity contribution in [2.24, 2.45) is 23.7 Å². The van der Waals surface area contributed by atoms with Crippen LogP contribution in [0.15, 0.2) is 0 Å². The van der Waals surface area contributed by atoms with E-state index in [9.17, 15) is 4.79 Å². The third kappa shape index (κ3) is 3.94. The van der Waals surface area contributed by atoms with Gasteiger partial charge in [-0.25, -0.2) is 0 Å². The Labute approximate surface area is 182 Å². The summed E-state index contributed by atoms with van der Waals surface area (Å²) in [5.74, 6) is 1.74. The number of nitrogens with zero attached hydrogens (tertiary/aromatic N) is 2. The molecule has 4 fully saturated rings. The highest BCUT2D eigenvalue weighted by Crippen LogP contribution is 2.48. The molecular formula is C24H42N2O4. The SMILES string of the molecule is CCOC(=O)C1C2C(N3CCC4CC(OC)CCC4C3)C(OC)CCC2N(C)C1C. The van der Waals surface area contributed by atoms with E-state index in [0.29, 0.717) is 24.8 Å². The van der Waals surface area contributed by atoms with Gasteiger partial charge in [0.1, 0.15) is 0 Å². The van der Waals surface area contributed by atoms with Crippen LogP contribution in [-0.2, 0) is 19.0 Å². The van der Waals surface area contributed by atoms with Gasteiger partial charge in [0.15, 0.2) is 0 Å². The minimum absolute atomic E-state index is 0.0124. The van der Waals surface area contributed by atoms with Crippen molar-refractivity contribution in [3.05, 3.63) is 0 Å². The minimum Gasteiger partial charge on any atom is -0.466 e. The molecule has 172 valence electrons. The second-order valence-corrected chi connectivity index (χ2v) is 10.1. The molecule has 6 nitrogen and oxygen atoms in total. The summed E-state index contributed by atoms with van der Waals surface area (Å²) >= 11 is 0. The van der Waals surface area contributed by atoms with Crippen molar-refractivity contribution in [1.29, 1.82) is 0 Å². The number of methoxy groups -OCH3 is 2. The molecule has 0 spiro atoms. The molecule has 0 N–H and O–H groups in total. The number of hydrogen-bond acceptors (Lipinski definition) is 6. The van der Waals surface area contributed by atoms with Gasteiger partial charge in [-0.05, 0) is 77.8 Å². The largest absolute Gasteiger partial charge is 0.466 e. The summed E-state index contributed by atoms with van der Waals surface area (Å²) in [5, 5.41) is 0. The molecule has 2 saturated heterocycles. The maximum Gasteiger partial charge on any atom is 0.310 e. The van der Waals surface area contributed by atoms with Crippen LogP contribution in [0, 0.1) is 23.7 Å². The van der Waals surface area contributed by atoms with Gasteiger partial charge in [-0.15, -0.1) is 0 Å². The van der Waals surface area contributed by atoms with Crippen LogP contribution in [-0.4, -0.2) is 87.1 Å². The van der Waals surface area contributed by atoms with Gasteiger partial charge in [-0.1, -0.05) is 0 Å². The predicted molar refractivity (Wildman–Crippen MR) is 116 cm³/mol. The smallest absolute Gasteiger partial charge is 0.310 e. The topological polar surface area (TPSA) is 51.2 Å². The average Bonchev–Trinajstić information content (AvgIpc) is 3.02. The molecule has 9 atom stereocenters. The van der Waals surface area contributed by atoms with Crippen LogP contribution in [0.1, 0.15) is 52.4 Å². The molecule has 2 aliphatic heterocycles. The first-order chi connectivity index (χ1) is 14.5. The number of hydrogen-bond donors (Lipinski definition) is 0. The van der Waals surface area contributed by atoms with Crippen LogP contribution in [0.5, 0.6) is 0 Å². The van der Waals surface area contributed by atoms with E-state index in [-0.39, 0.29) is 30.0 Å². The molecule has 0 aromatic carbocycles. The molecule has 0 radical (unpaired) electrons. The van der Waals surface area contributed by atoms with Crippen molar-refractivity contribution in [2.45, 2.75) is 82.7 Å². The molecule has 0 aromatic heterocycles. The second kappa shape index (κ2) is 9.43. The molecule has 0 aromatic rings. The van der Waals surface area contributed by atoms with E-state index >= 15 is 0 Å². The Morgan fingerprint density at radius 1 is 1.03 bits per heavy atom. The molecule has 2 aliphatic carbocycles. The van der Waals surface area contributed by atoms with Crippen molar-refractivity contribution in [2.75, 3.05) is 41.0 Å². The first-order valence-corrected chi connectivity index (χ1v) is 12.2. The Hall–Kier alpha value is -0.690. The van der Waals surface area contributed by atoms with Gasteiger partial charge in [0.25, 0.3) is 0 Å². The standard InChI is InChI=1S/C24H42N2O4/c1-6-30-24(27)21-15(2)25(3)19-9-10-20(29-5)23(22(19)21)26-12-11-16-13-18(28-4)8-7-17(16)14-26/h15-23H,6-14H2,1-5H3. The van der Waals surface area contributed by atoms with Crippen LogP contribution in [0.4, 0.5) is 0 Å². The van der Waals surface area contributed by atoms with Gasteiger partial charge in [-0.2, -0.15) is 0 Å². The van der Waals surface area contributed by atoms with Gasteiger partial charge in [0.05, 0.1) is 24.7 Å². The van der Waals surface area contributed by atoms with E-state index in [1.165, 1.54) is 25.7 Å². The molecule has 9 unspecified atom stereocenters. The Morgan fingerprint density at radius 2 is 1.83 bits per heavy atom. The van der Waals surface area contributed by atoms with Crippen molar-refractivity contribution in [3.63, 3.8) is 0 Å². The number of likely N-dealkylation sites (tertiary alicyclic amines) is 2. The summed E-state index contributed by atoms with van der Waals surface area (Å²) < 4.78 is 17.3. The van der Waals surface area contributed by atoms with Crippen LogP contribution >= 0.6 is 0 Å². The highest BCUT2D eigenvalue weighted by atomic mass is 16.5. The van der Waals surface area contributed by atoms with Crippen LogP contribution < -0.4 is 0 Å². The minimum atomic E-state index is -0.0650. The lowest BCUT2D eigenvalue weighted by Crippen LogP contribution is -2.60. The number of fused-ring (bicyclic) bond motifs is 2. The van der Waals surface area contributed by atoms with Gasteiger partial charge < -0.3 is 14.2 Å². The van der Waals surface area contributed by atoms with Crippen molar-refractivity contribution in [1.82, 2.24) is 9.80 Å². The monoisotopic (exact) mass is 422 g/mol. The molecule has 4 aliphatic rings. The zero-order valence-corrected chi connectivity index (χ0v) is 19.6. The van der Waals surface area contributed by atoms with E-state index < -0.39 is 0 Å². The van der Waals surface area contributed by atoms with Gasteiger partial charge in [0, 0.05) is 44.8 Å². The summed E-state index contributed by atoms with van der Waals surface area (Å²) in [7, 11) is 5.92. The molecule has 0 bridgehead atoms. The van der Waals surface area contributed by atoms with E-state index in [2.05, 4.69) is 23.8 Å². The van der Waals surface area contributed by atoms with Gasteiger partial charge in [-0.3, -0.25) is 14.6 Å². The molecule has 6 heteroatoms. The fourth-order valence-corrected chi connectivity index (χ4v) is 7.39. The molecule has 30 heavy (non-hydrogen) atoms. The summed E-state index contributed by atoms with van der Waals surface area (Å²) in [6, 6.07) is 0.955. The summed E-state index contributed by atoms with van der Waals surface area (Å²) in [5.41, 5.74) is 0. The Morgan fingerprint density at radius 3 is 2.53 bits per heavy atom. The normalized spacial score (nSPS) is 45.0. The number of carbonyl (C=O) groups is 1. The number of esters is 1. The lowest BCUT2D eigenvalue weighted by molar-refractivity contribution is -0.153. The molecule has 2 saturated carbocycles. The van der Waals surface area contributed by atoms with E-state index in [4.69, 9.17) is 14.2 Å². The van der Waals surface area contributed by atoms with Crippen molar-refractivity contribution in [3.8, 4) is 0 Å².